The first kappa shape index (κ1) is 19.2. The number of nitrogens with zero attached hydrogens (tertiary/aromatic N) is 1. The number of carbonyl (C=O) groups excluding carboxylic acids is 2. The third-order valence-electron chi connectivity index (χ3n) is 3.69. The van der Waals surface area contributed by atoms with Crippen molar-refractivity contribution in [3.05, 3.63) is 57.7 Å². The van der Waals surface area contributed by atoms with Crippen LogP contribution in [0.1, 0.15) is 24.2 Å². The Morgan fingerprint density at radius 2 is 1.60 bits per heavy atom. The molecule has 2 aromatic rings. The normalized spacial score (nSPS) is 10.2. The number of nitrogens with one attached hydrogen (secondary N) is 1. The molecule has 1 amide bonds. The molecule has 0 fully saturated rings. The lowest BCUT2D eigenvalue weighted by Gasteiger charge is -2.20. The van der Waals surface area contributed by atoms with Gasteiger partial charge in [-0.15, -0.1) is 0 Å². The van der Waals surface area contributed by atoms with Crippen molar-refractivity contribution >= 4 is 45.8 Å². The summed E-state index contributed by atoms with van der Waals surface area (Å²) in [7, 11) is 0. The van der Waals surface area contributed by atoms with Gasteiger partial charge in [0.25, 0.3) is 5.91 Å². The van der Waals surface area contributed by atoms with Gasteiger partial charge in [-0.05, 0) is 85.0 Å². The van der Waals surface area contributed by atoms with Crippen LogP contribution in [-0.2, 0) is 9.53 Å². The van der Waals surface area contributed by atoms with Crippen LogP contribution in [0.3, 0.4) is 0 Å². The molecule has 0 spiro atoms. The second-order valence-corrected chi connectivity index (χ2v) is 6.60. The van der Waals surface area contributed by atoms with Crippen molar-refractivity contribution in [2.75, 3.05) is 29.9 Å². The highest BCUT2D eigenvalue weighted by Gasteiger charge is 2.11. The summed E-state index contributed by atoms with van der Waals surface area (Å²) >= 11 is 2.19. The van der Waals surface area contributed by atoms with Crippen LogP contribution >= 0.6 is 22.6 Å². The fourth-order valence-corrected chi connectivity index (χ4v) is 2.70. The van der Waals surface area contributed by atoms with Crippen molar-refractivity contribution in [1.29, 1.82) is 0 Å². The number of hydrogen-bond acceptors (Lipinski definition) is 4. The number of carbonyl (C=O) groups is 2. The Kier molecular flexibility index (Phi) is 7.24. The number of hydrogen-bond donors (Lipinski definition) is 1. The lowest BCUT2D eigenvalue weighted by Crippen LogP contribution is -2.22. The first-order chi connectivity index (χ1) is 12.0. The predicted octanol–water partition coefficient (Wildman–Crippen LogP) is 3.93. The van der Waals surface area contributed by atoms with E-state index < -0.39 is 5.97 Å². The average Bonchev–Trinajstić information content (AvgIpc) is 2.63. The van der Waals surface area contributed by atoms with Crippen LogP contribution in [0.15, 0.2) is 48.5 Å². The Balaban J connectivity index is 1.87. The van der Waals surface area contributed by atoms with E-state index in [1.807, 2.05) is 24.3 Å². The van der Waals surface area contributed by atoms with Gasteiger partial charge in [-0.3, -0.25) is 4.79 Å². The van der Waals surface area contributed by atoms with Crippen LogP contribution < -0.4 is 10.2 Å². The van der Waals surface area contributed by atoms with Crippen LogP contribution in [0.5, 0.6) is 0 Å². The van der Waals surface area contributed by atoms with Gasteiger partial charge in [-0.1, -0.05) is 0 Å². The van der Waals surface area contributed by atoms with Crippen molar-refractivity contribution in [3.8, 4) is 0 Å². The average molecular weight is 452 g/mol. The van der Waals surface area contributed by atoms with E-state index in [2.05, 4.69) is 46.7 Å². The van der Waals surface area contributed by atoms with Gasteiger partial charge in [-0.2, -0.15) is 0 Å². The minimum absolute atomic E-state index is 0.317. The van der Waals surface area contributed by atoms with Gasteiger partial charge in [0.2, 0.25) is 0 Å². The summed E-state index contributed by atoms with van der Waals surface area (Å²) in [5.41, 5.74) is 2.15. The number of anilines is 2. The van der Waals surface area contributed by atoms with Gasteiger partial charge >= 0.3 is 5.97 Å². The maximum Gasteiger partial charge on any atom is 0.338 e. The van der Waals surface area contributed by atoms with E-state index in [0.29, 0.717) is 11.3 Å². The van der Waals surface area contributed by atoms with Gasteiger partial charge in [-0.25, -0.2) is 4.79 Å². The molecule has 0 aliphatic rings. The van der Waals surface area contributed by atoms with Crippen LogP contribution in [-0.4, -0.2) is 31.6 Å². The summed E-state index contributed by atoms with van der Waals surface area (Å²) in [5, 5.41) is 2.69. The zero-order valence-electron chi connectivity index (χ0n) is 14.3. The van der Waals surface area contributed by atoms with Crippen molar-refractivity contribution in [1.82, 2.24) is 0 Å². The first-order valence-corrected chi connectivity index (χ1v) is 9.19. The second-order valence-electron chi connectivity index (χ2n) is 5.35. The quantitative estimate of drug-likeness (QED) is 0.511. The summed E-state index contributed by atoms with van der Waals surface area (Å²) in [4.78, 5) is 26.1. The molecule has 0 heterocycles. The highest BCUT2D eigenvalue weighted by Crippen LogP contribution is 2.15. The summed E-state index contributed by atoms with van der Waals surface area (Å²) in [6, 6.07) is 14.6. The molecule has 0 bridgehead atoms. The van der Waals surface area contributed by atoms with E-state index in [0.717, 1.165) is 22.3 Å². The van der Waals surface area contributed by atoms with Gasteiger partial charge in [0.05, 0.1) is 5.56 Å². The van der Waals surface area contributed by atoms with Gasteiger partial charge in [0, 0.05) is 28.0 Å². The van der Waals surface area contributed by atoms with Crippen molar-refractivity contribution in [3.63, 3.8) is 0 Å². The lowest BCUT2D eigenvalue weighted by molar-refractivity contribution is -0.119. The minimum atomic E-state index is -0.510. The van der Waals surface area contributed by atoms with Crippen LogP contribution in [0.25, 0.3) is 0 Å². The third kappa shape index (κ3) is 5.74. The molecule has 0 aliphatic carbocycles. The van der Waals surface area contributed by atoms with Crippen LogP contribution in [0, 0.1) is 3.57 Å². The molecule has 6 heteroatoms. The fraction of sp³-hybridized carbons (Fsp3) is 0.263. The molecule has 0 aliphatic heterocycles. The Bertz CT molecular complexity index is 710. The van der Waals surface area contributed by atoms with Gasteiger partial charge in [0.15, 0.2) is 6.61 Å². The molecule has 25 heavy (non-hydrogen) atoms. The lowest BCUT2D eigenvalue weighted by atomic mass is 10.2. The van der Waals surface area contributed by atoms with Gasteiger partial charge < -0.3 is 15.0 Å². The number of halogens is 1. The fourth-order valence-electron chi connectivity index (χ4n) is 2.34. The third-order valence-corrected chi connectivity index (χ3v) is 4.41. The van der Waals surface area contributed by atoms with E-state index in [1.54, 1.807) is 24.3 Å². The van der Waals surface area contributed by atoms with Crippen LogP contribution in [0.2, 0.25) is 0 Å². The summed E-state index contributed by atoms with van der Waals surface area (Å²) in [6.07, 6.45) is 0. The monoisotopic (exact) mass is 452 g/mol. The molecule has 1 N–H and O–H groups in total. The van der Waals surface area contributed by atoms with Crippen molar-refractivity contribution in [2.24, 2.45) is 0 Å². The van der Waals surface area contributed by atoms with Crippen molar-refractivity contribution in [2.45, 2.75) is 13.8 Å². The molecule has 0 aromatic heterocycles. The Morgan fingerprint density at radius 1 is 1.00 bits per heavy atom. The van der Waals surface area contributed by atoms with E-state index in [4.69, 9.17) is 4.74 Å². The largest absolute Gasteiger partial charge is 0.452 e. The van der Waals surface area contributed by atoms with E-state index >= 15 is 0 Å². The smallest absolute Gasteiger partial charge is 0.338 e. The molecule has 0 saturated carbocycles. The zero-order chi connectivity index (χ0) is 18.2. The van der Waals surface area contributed by atoms with E-state index in [-0.39, 0.29) is 12.5 Å². The molecule has 0 radical (unpaired) electrons. The highest BCUT2D eigenvalue weighted by atomic mass is 127. The maximum absolute atomic E-state index is 12.0. The molecule has 0 atom stereocenters. The zero-order valence-corrected chi connectivity index (χ0v) is 16.4. The van der Waals surface area contributed by atoms with Crippen LogP contribution in [0.4, 0.5) is 11.4 Å². The predicted molar refractivity (Wildman–Crippen MR) is 108 cm³/mol. The Labute approximate surface area is 161 Å². The first-order valence-electron chi connectivity index (χ1n) is 8.11. The summed E-state index contributed by atoms with van der Waals surface area (Å²) < 4.78 is 6.15. The number of benzene rings is 2. The standard InChI is InChI=1S/C19H21IN2O3/c1-3-22(4-2)17-11-5-14(6-12-17)19(24)25-13-18(23)21-16-9-7-15(20)8-10-16/h5-12H,3-4,13H2,1-2H3,(H,21,23). The molecular formula is C19H21IN2O3. The van der Waals surface area contributed by atoms with E-state index in [1.165, 1.54) is 0 Å². The topological polar surface area (TPSA) is 58.6 Å². The Hall–Kier alpha value is -2.09. The number of esters is 1. The summed E-state index contributed by atoms with van der Waals surface area (Å²) in [6.45, 7) is 5.65. The van der Waals surface area contributed by atoms with E-state index in [9.17, 15) is 9.59 Å². The molecular weight excluding hydrogens is 431 g/mol. The maximum atomic E-state index is 12.0. The SMILES string of the molecule is CCN(CC)c1ccc(C(=O)OCC(=O)Nc2ccc(I)cc2)cc1. The number of rotatable bonds is 7. The molecule has 5 nitrogen and oxygen atoms in total. The minimum Gasteiger partial charge on any atom is -0.452 e. The molecule has 0 unspecified atom stereocenters. The molecule has 132 valence electrons. The molecule has 0 saturated heterocycles. The molecule has 2 rings (SSSR count). The number of ether oxygens (including phenoxy) is 1. The van der Waals surface area contributed by atoms with Crippen molar-refractivity contribution < 1.29 is 14.3 Å². The number of amides is 1. The second kappa shape index (κ2) is 9.41. The van der Waals surface area contributed by atoms with Gasteiger partial charge in [0.1, 0.15) is 0 Å². The Morgan fingerprint density at radius 3 is 2.16 bits per heavy atom. The molecule has 2 aromatic carbocycles. The summed E-state index contributed by atoms with van der Waals surface area (Å²) in [5.74, 6) is -0.877. The highest BCUT2D eigenvalue weighted by molar-refractivity contribution is 14.1.